The first-order valence-corrected chi connectivity index (χ1v) is 7.66. The second-order valence-electron chi connectivity index (χ2n) is 6.23. The van der Waals surface area contributed by atoms with Gasteiger partial charge in [-0.3, -0.25) is 0 Å². The van der Waals surface area contributed by atoms with Crippen molar-refractivity contribution in [3.63, 3.8) is 0 Å². The molecule has 1 nitrogen and oxygen atoms in total. The van der Waals surface area contributed by atoms with Gasteiger partial charge >= 0.3 is 0 Å². The quantitative estimate of drug-likeness (QED) is 0.837. The maximum Gasteiger partial charge on any atom is 0.00727 e. The summed E-state index contributed by atoms with van der Waals surface area (Å²) in [7, 11) is 0. The Morgan fingerprint density at radius 2 is 1.72 bits per heavy atom. The molecule has 18 heavy (non-hydrogen) atoms. The molecule has 2 N–H and O–H groups in total. The van der Waals surface area contributed by atoms with Gasteiger partial charge in [-0.15, -0.1) is 0 Å². The van der Waals surface area contributed by atoms with Crippen LogP contribution in [-0.4, -0.2) is 6.04 Å². The van der Waals surface area contributed by atoms with Gasteiger partial charge in [-0.25, -0.2) is 0 Å². The lowest BCUT2D eigenvalue weighted by Gasteiger charge is -2.11. The van der Waals surface area contributed by atoms with Gasteiger partial charge in [0.25, 0.3) is 0 Å². The Kier molecular flexibility index (Phi) is 3.69. The number of hydrogen-bond acceptors (Lipinski definition) is 1. The van der Waals surface area contributed by atoms with Crippen LogP contribution in [0.4, 0.5) is 0 Å². The fraction of sp³-hybridized carbons (Fsp3) is 0.647. The standard InChI is InChI=1S/C17H25N/c18-16(17-14-10-4-5-11-15(14)17)12-6-9-13-7-2-1-3-8-13/h1-3,7-8,14-17H,4-6,9-12,18H2. The lowest BCUT2D eigenvalue weighted by Crippen LogP contribution is -2.24. The molecule has 0 radical (unpaired) electrons. The number of benzene rings is 1. The van der Waals surface area contributed by atoms with Crippen molar-refractivity contribution in [2.45, 2.75) is 51.0 Å². The molecule has 2 aliphatic rings. The zero-order valence-electron chi connectivity index (χ0n) is 11.2. The van der Waals surface area contributed by atoms with Gasteiger partial charge in [-0.1, -0.05) is 43.2 Å². The van der Waals surface area contributed by atoms with Crippen LogP contribution in [0, 0.1) is 17.8 Å². The molecular formula is C17H25N. The van der Waals surface area contributed by atoms with Crippen LogP contribution in [0.25, 0.3) is 0 Å². The van der Waals surface area contributed by atoms with Crippen LogP contribution in [0.3, 0.4) is 0 Å². The molecule has 0 saturated heterocycles. The molecule has 0 spiro atoms. The minimum Gasteiger partial charge on any atom is -0.327 e. The van der Waals surface area contributed by atoms with E-state index in [0.29, 0.717) is 6.04 Å². The molecular weight excluding hydrogens is 218 g/mol. The molecule has 0 bridgehead atoms. The molecule has 0 heterocycles. The van der Waals surface area contributed by atoms with Crippen LogP contribution in [-0.2, 0) is 6.42 Å². The second-order valence-corrected chi connectivity index (χ2v) is 6.23. The summed E-state index contributed by atoms with van der Waals surface area (Å²) < 4.78 is 0. The van der Waals surface area contributed by atoms with Crippen molar-refractivity contribution in [1.82, 2.24) is 0 Å². The molecule has 3 rings (SSSR count). The van der Waals surface area contributed by atoms with Gasteiger partial charge in [-0.05, 0) is 55.4 Å². The zero-order chi connectivity index (χ0) is 12.4. The molecule has 3 atom stereocenters. The lowest BCUT2D eigenvalue weighted by atomic mass is 10.0. The first-order valence-electron chi connectivity index (χ1n) is 7.66. The van der Waals surface area contributed by atoms with Crippen molar-refractivity contribution in [2.24, 2.45) is 23.5 Å². The SMILES string of the molecule is NC(CCCc1ccccc1)C1C2CCCCC21. The number of aryl methyl sites for hydroxylation is 1. The van der Waals surface area contributed by atoms with E-state index in [0.717, 1.165) is 17.8 Å². The van der Waals surface area contributed by atoms with E-state index in [1.807, 2.05) is 0 Å². The van der Waals surface area contributed by atoms with Crippen molar-refractivity contribution in [3.05, 3.63) is 35.9 Å². The van der Waals surface area contributed by atoms with E-state index in [4.69, 9.17) is 5.73 Å². The summed E-state index contributed by atoms with van der Waals surface area (Å²) in [5, 5.41) is 0. The second kappa shape index (κ2) is 5.44. The average Bonchev–Trinajstić information content (AvgIpc) is 3.14. The smallest absolute Gasteiger partial charge is 0.00727 e. The third-order valence-corrected chi connectivity index (χ3v) is 5.06. The molecule has 3 unspecified atom stereocenters. The molecule has 2 aliphatic carbocycles. The summed E-state index contributed by atoms with van der Waals surface area (Å²) in [6, 6.07) is 11.3. The summed E-state index contributed by atoms with van der Waals surface area (Å²) in [5.74, 6) is 2.89. The maximum absolute atomic E-state index is 6.40. The van der Waals surface area contributed by atoms with Gasteiger partial charge < -0.3 is 5.73 Å². The average molecular weight is 243 g/mol. The fourth-order valence-electron chi connectivity index (χ4n) is 4.06. The van der Waals surface area contributed by atoms with Crippen LogP contribution >= 0.6 is 0 Å². The fourth-order valence-corrected chi connectivity index (χ4v) is 4.06. The summed E-state index contributed by atoms with van der Waals surface area (Å²) >= 11 is 0. The van der Waals surface area contributed by atoms with E-state index in [2.05, 4.69) is 30.3 Å². The third-order valence-electron chi connectivity index (χ3n) is 5.06. The normalized spacial score (nSPS) is 31.7. The Hall–Kier alpha value is -0.820. The van der Waals surface area contributed by atoms with Gasteiger partial charge in [0.15, 0.2) is 0 Å². The highest BCUT2D eigenvalue weighted by Gasteiger charge is 2.52. The highest BCUT2D eigenvalue weighted by atomic mass is 14.7. The number of nitrogens with two attached hydrogens (primary N) is 1. The van der Waals surface area contributed by atoms with E-state index in [9.17, 15) is 0 Å². The highest BCUT2D eigenvalue weighted by Crippen LogP contribution is 2.57. The molecule has 2 fully saturated rings. The minimum atomic E-state index is 0.474. The Morgan fingerprint density at radius 3 is 2.39 bits per heavy atom. The van der Waals surface area contributed by atoms with E-state index < -0.39 is 0 Å². The predicted molar refractivity (Wildman–Crippen MR) is 76.3 cm³/mol. The van der Waals surface area contributed by atoms with Gasteiger partial charge in [0.2, 0.25) is 0 Å². The highest BCUT2D eigenvalue weighted by molar-refractivity contribution is 5.14. The van der Waals surface area contributed by atoms with Gasteiger partial charge in [0.1, 0.15) is 0 Å². The monoisotopic (exact) mass is 243 g/mol. The first kappa shape index (κ1) is 12.2. The van der Waals surface area contributed by atoms with Crippen LogP contribution in [0.5, 0.6) is 0 Å². The maximum atomic E-state index is 6.40. The summed E-state index contributed by atoms with van der Waals surface area (Å²) in [6.45, 7) is 0. The Morgan fingerprint density at radius 1 is 1.06 bits per heavy atom. The molecule has 0 aromatic heterocycles. The first-order chi connectivity index (χ1) is 8.86. The van der Waals surface area contributed by atoms with Gasteiger partial charge in [0.05, 0.1) is 0 Å². The van der Waals surface area contributed by atoms with Crippen molar-refractivity contribution >= 4 is 0 Å². The largest absolute Gasteiger partial charge is 0.327 e. The molecule has 0 amide bonds. The van der Waals surface area contributed by atoms with E-state index in [1.54, 1.807) is 0 Å². The molecule has 2 saturated carbocycles. The van der Waals surface area contributed by atoms with Crippen LogP contribution < -0.4 is 5.73 Å². The van der Waals surface area contributed by atoms with Crippen LogP contribution in [0.15, 0.2) is 30.3 Å². The number of fused-ring (bicyclic) bond motifs is 1. The van der Waals surface area contributed by atoms with Crippen LogP contribution in [0.1, 0.15) is 44.1 Å². The third kappa shape index (κ3) is 2.61. The van der Waals surface area contributed by atoms with Crippen molar-refractivity contribution in [1.29, 1.82) is 0 Å². The minimum absolute atomic E-state index is 0.474. The Bertz CT molecular complexity index is 360. The summed E-state index contributed by atoms with van der Waals surface area (Å²) in [5.41, 5.74) is 7.86. The van der Waals surface area contributed by atoms with Gasteiger partial charge in [-0.2, -0.15) is 0 Å². The summed E-state index contributed by atoms with van der Waals surface area (Å²) in [6.07, 6.45) is 9.48. The number of hydrogen-bond donors (Lipinski definition) is 1. The Labute approximate surface area is 111 Å². The van der Waals surface area contributed by atoms with Gasteiger partial charge in [0, 0.05) is 6.04 Å². The van der Waals surface area contributed by atoms with Crippen LogP contribution in [0.2, 0.25) is 0 Å². The van der Waals surface area contributed by atoms with E-state index >= 15 is 0 Å². The molecule has 98 valence electrons. The molecule has 1 aromatic carbocycles. The van der Waals surface area contributed by atoms with Crippen molar-refractivity contribution in [3.8, 4) is 0 Å². The molecule has 1 aromatic rings. The zero-order valence-corrected chi connectivity index (χ0v) is 11.2. The molecule has 1 heteroatoms. The predicted octanol–water partition coefficient (Wildman–Crippen LogP) is 3.77. The van der Waals surface area contributed by atoms with Crippen molar-refractivity contribution < 1.29 is 0 Å². The number of rotatable bonds is 5. The summed E-state index contributed by atoms with van der Waals surface area (Å²) in [4.78, 5) is 0. The van der Waals surface area contributed by atoms with Crippen molar-refractivity contribution in [2.75, 3.05) is 0 Å². The lowest BCUT2D eigenvalue weighted by molar-refractivity contribution is 0.480. The topological polar surface area (TPSA) is 26.0 Å². The van der Waals surface area contributed by atoms with E-state index in [1.165, 1.54) is 50.5 Å². The molecule has 0 aliphatic heterocycles. The van der Waals surface area contributed by atoms with E-state index in [-0.39, 0.29) is 0 Å². The Balaban J connectivity index is 1.41.